The van der Waals surface area contributed by atoms with E-state index in [1.807, 2.05) is 12.3 Å². The lowest BCUT2D eigenvalue weighted by atomic mass is 9.49. The van der Waals surface area contributed by atoms with Crippen LogP contribution in [0.5, 0.6) is 11.5 Å². The average Bonchev–Trinajstić information content (AvgIpc) is 3.78. The fourth-order valence-corrected chi connectivity index (χ4v) is 8.62. The van der Waals surface area contributed by atoms with Crippen LogP contribution in [0.4, 0.5) is 0 Å². The topological polar surface area (TPSA) is 181 Å². The maximum absolute atomic E-state index is 13.4. The number of fused-ring (bicyclic) bond motifs is 1. The second-order valence-electron chi connectivity index (χ2n) is 15.7. The van der Waals surface area contributed by atoms with Gasteiger partial charge in [0.05, 0.1) is 34.6 Å². The number of amides is 4. The molecule has 2 aromatic carbocycles. The molecule has 56 heavy (non-hydrogen) atoms. The molecule has 7 rings (SSSR count). The molecule has 1 saturated heterocycles. The molecule has 2 N–H and O–H groups in total. The van der Waals surface area contributed by atoms with E-state index in [1.54, 1.807) is 47.1 Å². The van der Waals surface area contributed by atoms with Crippen LogP contribution in [0.2, 0.25) is 5.02 Å². The Labute approximate surface area is 329 Å². The van der Waals surface area contributed by atoms with Crippen LogP contribution in [0, 0.1) is 22.2 Å². The smallest absolute Gasteiger partial charge is 0.255 e. The first-order chi connectivity index (χ1) is 26.8. The van der Waals surface area contributed by atoms with E-state index in [2.05, 4.69) is 59.7 Å². The third-order valence-corrected chi connectivity index (χ3v) is 11.4. The van der Waals surface area contributed by atoms with Crippen molar-refractivity contribution in [2.45, 2.75) is 91.0 Å². The Morgan fingerprint density at radius 1 is 1.04 bits per heavy atom. The molecule has 0 radical (unpaired) electrons. The second-order valence-corrected chi connectivity index (χ2v) is 16.1. The second kappa shape index (κ2) is 15.4. The number of halogens is 1. The molecule has 4 amide bonds. The molecule has 0 spiro atoms. The molecule has 1 saturated carbocycles. The summed E-state index contributed by atoms with van der Waals surface area (Å²) in [5, 5.41) is 23.6. The van der Waals surface area contributed by atoms with Gasteiger partial charge in [-0.3, -0.25) is 24.5 Å². The zero-order valence-corrected chi connectivity index (χ0v) is 32.4. The number of rotatable bonds is 13. The minimum atomic E-state index is -0.645. The Morgan fingerprint density at radius 2 is 1.82 bits per heavy atom. The van der Waals surface area contributed by atoms with E-state index in [9.17, 15) is 24.4 Å². The first kappa shape index (κ1) is 38.5. The summed E-state index contributed by atoms with van der Waals surface area (Å²) in [5.41, 5.74) is 2.21. The summed E-state index contributed by atoms with van der Waals surface area (Å²) >= 11 is 6.22. The standard InChI is InChI=1S/C41H43ClN8O6/c1-40(2)38(41(3,4)39(40)56-29-11-9-24(20-43)31(42)19-29)46-35(52)25-10-15-33(44-21-25)50-23-27(47-48-50)8-6-5-7-17-55-28-12-13-30-26(18-28)22-49(37(30)54)32-14-16-34(51)45-36(32)53/h9-13,15,18-19,21,23,32,38-39H,5-8,14,16-17,22H2,1-4H3,(H,46,52)(H,45,51,53)/t32?,38-,39-. The SMILES string of the molecule is CC1(C)[C@H](NC(=O)c2ccc(-n3cc(CCCCCOc4ccc5c(c4)CN(C4CCC(=O)NC4=O)C5=O)nn3)nc2)C(C)(C)[C@H]1Oc1ccc(C#N)c(Cl)c1. The summed E-state index contributed by atoms with van der Waals surface area (Å²) < 4.78 is 13.9. The highest BCUT2D eigenvalue weighted by Crippen LogP contribution is 2.55. The van der Waals surface area contributed by atoms with E-state index in [4.69, 9.17) is 21.1 Å². The first-order valence-corrected chi connectivity index (χ1v) is 19.1. The molecule has 14 nitrogen and oxygen atoms in total. The lowest BCUT2D eigenvalue weighted by Gasteiger charge is -2.63. The summed E-state index contributed by atoms with van der Waals surface area (Å²) in [4.78, 5) is 56.1. The number of nitrogens with one attached hydrogen (secondary N) is 2. The molecule has 2 aliphatic heterocycles. The Bertz CT molecular complexity index is 2210. The number of pyridine rings is 1. The number of piperidine rings is 1. The van der Waals surface area contributed by atoms with E-state index >= 15 is 0 Å². The van der Waals surface area contributed by atoms with Gasteiger partial charge in [-0.2, -0.15) is 5.26 Å². The Balaban J connectivity index is 0.844. The molecule has 15 heteroatoms. The van der Waals surface area contributed by atoms with Gasteiger partial charge in [-0.05, 0) is 80.1 Å². The van der Waals surface area contributed by atoms with Gasteiger partial charge in [0.25, 0.3) is 11.8 Å². The van der Waals surface area contributed by atoms with Gasteiger partial charge in [0.15, 0.2) is 5.82 Å². The van der Waals surface area contributed by atoms with Gasteiger partial charge in [-0.1, -0.05) is 44.5 Å². The minimum Gasteiger partial charge on any atom is -0.494 e. The number of ether oxygens (including phenoxy) is 2. The Hall–Kier alpha value is -5.81. The number of nitrogens with zero attached hydrogens (tertiary/aromatic N) is 6. The number of carbonyl (C=O) groups is 4. The highest BCUT2D eigenvalue weighted by Gasteiger charge is 2.64. The quantitative estimate of drug-likeness (QED) is 0.133. The van der Waals surface area contributed by atoms with Gasteiger partial charge in [-0.15, -0.1) is 5.10 Å². The zero-order valence-electron chi connectivity index (χ0n) is 31.7. The van der Waals surface area contributed by atoms with Gasteiger partial charge < -0.3 is 19.7 Å². The van der Waals surface area contributed by atoms with Crippen molar-refractivity contribution in [2.75, 3.05) is 6.61 Å². The van der Waals surface area contributed by atoms with Crippen LogP contribution in [0.3, 0.4) is 0 Å². The summed E-state index contributed by atoms with van der Waals surface area (Å²) in [5.74, 6) is 0.606. The number of aryl methyl sites for hydroxylation is 1. The lowest BCUT2D eigenvalue weighted by molar-refractivity contribution is -0.164. The fraction of sp³-hybridized carbons (Fsp3) is 0.415. The van der Waals surface area contributed by atoms with Gasteiger partial charge >= 0.3 is 0 Å². The molecule has 4 heterocycles. The van der Waals surface area contributed by atoms with Crippen molar-refractivity contribution in [1.29, 1.82) is 5.26 Å². The molecule has 290 valence electrons. The molecule has 1 atom stereocenters. The molecular formula is C41H43ClN8O6. The molecular weight excluding hydrogens is 736 g/mol. The van der Waals surface area contributed by atoms with Crippen molar-refractivity contribution in [3.05, 3.63) is 93.9 Å². The molecule has 3 aliphatic rings. The van der Waals surface area contributed by atoms with Crippen LogP contribution in [0.15, 0.2) is 60.9 Å². The number of hydrogen-bond donors (Lipinski definition) is 2. The maximum Gasteiger partial charge on any atom is 0.255 e. The summed E-state index contributed by atoms with van der Waals surface area (Å²) in [6.07, 6.45) is 7.05. The van der Waals surface area contributed by atoms with Gasteiger partial charge in [-0.25, -0.2) is 9.67 Å². The Morgan fingerprint density at radius 3 is 2.54 bits per heavy atom. The third-order valence-electron chi connectivity index (χ3n) is 11.1. The molecule has 2 fully saturated rings. The van der Waals surface area contributed by atoms with Crippen LogP contribution in [-0.4, -0.2) is 73.3 Å². The highest BCUT2D eigenvalue weighted by atomic mass is 35.5. The van der Waals surface area contributed by atoms with E-state index in [1.165, 1.54) is 11.1 Å². The maximum atomic E-state index is 13.4. The predicted molar refractivity (Wildman–Crippen MR) is 204 cm³/mol. The highest BCUT2D eigenvalue weighted by molar-refractivity contribution is 6.31. The van der Waals surface area contributed by atoms with Crippen LogP contribution in [0.25, 0.3) is 5.82 Å². The van der Waals surface area contributed by atoms with Crippen molar-refractivity contribution in [2.24, 2.45) is 10.8 Å². The Kier molecular flexibility index (Phi) is 10.6. The van der Waals surface area contributed by atoms with Crippen molar-refractivity contribution in [3.63, 3.8) is 0 Å². The van der Waals surface area contributed by atoms with Gasteiger partial charge in [0, 0.05) is 47.7 Å². The summed E-state index contributed by atoms with van der Waals surface area (Å²) in [7, 11) is 0. The number of nitriles is 1. The minimum absolute atomic E-state index is 0.184. The van der Waals surface area contributed by atoms with Crippen LogP contribution in [0.1, 0.15) is 97.3 Å². The van der Waals surface area contributed by atoms with Gasteiger partial charge in [0.2, 0.25) is 11.8 Å². The van der Waals surface area contributed by atoms with E-state index in [0.29, 0.717) is 58.6 Å². The third kappa shape index (κ3) is 7.55. The first-order valence-electron chi connectivity index (χ1n) is 18.7. The number of benzene rings is 2. The molecule has 1 aliphatic carbocycles. The van der Waals surface area contributed by atoms with Crippen molar-refractivity contribution in [3.8, 4) is 23.4 Å². The number of hydrogen-bond acceptors (Lipinski definition) is 10. The average molecular weight is 779 g/mol. The summed E-state index contributed by atoms with van der Waals surface area (Å²) in [6.45, 7) is 9.04. The molecule has 0 bridgehead atoms. The summed E-state index contributed by atoms with van der Waals surface area (Å²) in [6, 6.07) is 15.1. The number of aromatic nitrogens is 4. The number of unbranched alkanes of at least 4 members (excludes halogenated alkanes) is 2. The normalized spacial score (nSPS) is 20.8. The lowest BCUT2D eigenvalue weighted by Crippen LogP contribution is -2.74. The van der Waals surface area contributed by atoms with Crippen LogP contribution >= 0.6 is 11.6 Å². The molecule has 4 aromatic rings. The predicted octanol–water partition coefficient (Wildman–Crippen LogP) is 5.35. The zero-order chi connectivity index (χ0) is 39.8. The van der Waals surface area contributed by atoms with Crippen LogP contribution < -0.4 is 20.1 Å². The number of carbonyl (C=O) groups excluding carboxylic acids is 4. The van der Waals surface area contributed by atoms with E-state index < -0.39 is 22.8 Å². The number of imide groups is 1. The van der Waals surface area contributed by atoms with E-state index in [-0.39, 0.29) is 36.3 Å². The largest absolute Gasteiger partial charge is 0.494 e. The molecule has 1 unspecified atom stereocenters. The fourth-order valence-electron chi connectivity index (χ4n) is 8.41. The van der Waals surface area contributed by atoms with Crippen molar-refractivity contribution < 1.29 is 28.7 Å². The van der Waals surface area contributed by atoms with Crippen molar-refractivity contribution in [1.82, 2.24) is 35.5 Å². The molecule has 2 aromatic heterocycles. The van der Waals surface area contributed by atoms with Crippen LogP contribution in [-0.2, 0) is 22.6 Å². The monoisotopic (exact) mass is 778 g/mol. The van der Waals surface area contributed by atoms with Gasteiger partial charge in [0.1, 0.15) is 29.7 Å². The van der Waals surface area contributed by atoms with E-state index in [0.717, 1.165) is 36.9 Å². The van der Waals surface area contributed by atoms with Crippen molar-refractivity contribution >= 4 is 35.2 Å².